The minimum atomic E-state index is 0.128. The first kappa shape index (κ1) is 16.2. The lowest BCUT2D eigenvalue weighted by atomic mass is 10.1. The Morgan fingerprint density at radius 1 is 1.00 bits per heavy atom. The second-order valence-corrected chi connectivity index (χ2v) is 6.26. The normalized spacial score (nSPS) is 11.1. The largest absolute Gasteiger partial charge is 0.484 e. The van der Waals surface area contributed by atoms with Crippen LogP contribution in [0.25, 0.3) is 33.4 Å². The zero-order valence-corrected chi connectivity index (χ0v) is 14.6. The van der Waals surface area contributed by atoms with Crippen molar-refractivity contribution in [2.45, 2.75) is 6.61 Å². The third-order valence-corrected chi connectivity index (χ3v) is 4.45. The molecule has 0 saturated heterocycles. The Kier molecular flexibility index (Phi) is 3.83. The van der Waals surface area contributed by atoms with Crippen molar-refractivity contribution in [1.29, 1.82) is 0 Å². The Labute approximate surface area is 159 Å². The number of pyridine rings is 1. The number of carbonyl (C=O) groups excluding carboxylic acids is 1. The van der Waals surface area contributed by atoms with Gasteiger partial charge in [0.05, 0.1) is 11.7 Å². The van der Waals surface area contributed by atoms with Gasteiger partial charge in [0.25, 0.3) is 11.8 Å². The highest BCUT2D eigenvalue weighted by atomic mass is 16.5. The molecule has 0 unspecified atom stereocenters. The van der Waals surface area contributed by atoms with E-state index in [9.17, 15) is 4.79 Å². The van der Waals surface area contributed by atoms with Crippen LogP contribution in [-0.4, -0.2) is 26.5 Å². The zero-order valence-electron chi connectivity index (χ0n) is 14.6. The van der Waals surface area contributed by atoms with Gasteiger partial charge in [0.15, 0.2) is 6.61 Å². The second kappa shape index (κ2) is 6.62. The van der Waals surface area contributed by atoms with Gasteiger partial charge in [-0.15, -0.1) is 10.2 Å². The summed E-state index contributed by atoms with van der Waals surface area (Å²) in [6.45, 7) is 0.128. The third-order valence-electron chi connectivity index (χ3n) is 4.45. The topological polar surface area (TPSA) is 93.9 Å². The summed E-state index contributed by atoms with van der Waals surface area (Å²) < 4.78 is 11.3. The van der Waals surface area contributed by atoms with Gasteiger partial charge in [0.2, 0.25) is 0 Å². The van der Waals surface area contributed by atoms with Crippen LogP contribution in [0, 0.1) is 0 Å². The van der Waals surface area contributed by atoms with E-state index in [0.717, 1.165) is 28.1 Å². The Bertz CT molecular complexity index is 1290. The molecule has 7 nitrogen and oxygen atoms in total. The molecule has 7 heteroatoms. The molecule has 0 atom stereocenters. The monoisotopic (exact) mass is 370 g/mol. The van der Waals surface area contributed by atoms with Crippen LogP contribution in [0.5, 0.6) is 5.75 Å². The van der Waals surface area contributed by atoms with E-state index in [1.165, 1.54) is 0 Å². The molecule has 0 saturated carbocycles. The van der Waals surface area contributed by atoms with E-state index in [-0.39, 0.29) is 6.61 Å². The van der Waals surface area contributed by atoms with Crippen molar-refractivity contribution in [3.8, 4) is 17.3 Å². The number of ether oxygens (including phenoxy) is 1. The molecular weight excluding hydrogens is 356 g/mol. The standard InChI is InChI=1S/C21H14N4O3/c26-11-13-5-7-14(8-6-13)27-12-20-24-25-21(28-20)18-9-16-15-3-1-2-4-17(15)23-19(16)10-22-18/h1-11,23H,12H2. The highest BCUT2D eigenvalue weighted by Gasteiger charge is 2.13. The average Bonchev–Trinajstić information content (AvgIpc) is 3.37. The molecule has 0 radical (unpaired) electrons. The first-order valence-electron chi connectivity index (χ1n) is 8.67. The van der Waals surface area contributed by atoms with Gasteiger partial charge in [-0.2, -0.15) is 0 Å². The van der Waals surface area contributed by atoms with Gasteiger partial charge in [0.1, 0.15) is 17.7 Å². The maximum absolute atomic E-state index is 10.7. The van der Waals surface area contributed by atoms with Gasteiger partial charge in [0, 0.05) is 21.9 Å². The first-order valence-corrected chi connectivity index (χ1v) is 8.67. The summed E-state index contributed by atoms with van der Waals surface area (Å²) in [5.74, 6) is 1.29. The Morgan fingerprint density at radius 3 is 2.71 bits per heavy atom. The first-order chi connectivity index (χ1) is 13.8. The Hall–Kier alpha value is -4.00. The fraction of sp³-hybridized carbons (Fsp3) is 0.0476. The number of nitrogens with zero attached hydrogens (tertiary/aromatic N) is 3. The third kappa shape index (κ3) is 2.88. The van der Waals surface area contributed by atoms with Gasteiger partial charge >= 0.3 is 0 Å². The molecule has 0 aliphatic carbocycles. The number of fused-ring (bicyclic) bond motifs is 3. The van der Waals surface area contributed by atoms with Crippen molar-refractivity contribution in [1.82, 2.24) is 20.2 Å². The molecule has 0 spiro atoms. The molecule has 3 heterocycles. The number of aldehydes is 1. The lowest BCUT2D eigenvalue weighted by Crippen LogP contribution is -1.95. The van der Waals surface area contributed by atoms with Crippen LogP contribution in [0.1, 0.15) is 16.2 Å². The van der Waals surface area contributed by atoms with Crippen LogP contribution in [0.15, 0.2) is 65.2 Å². The summed E-state index contributed by atoms with van der Waals surface area (Å²) in [6, 6.07) is 16.8. The molecule has 1 N–H and O–H groups in total. The smallest absolute Gasteiger partial charge is 0.266 e. The Balaban J connectivity index is 1.39. The van der Waals surface area contributed by atoms with E-state index in [4.69, 9.17) is 9.15 Å². The van der Waals surface area contributed by atoms with Crippen molar-refractivity contribution in [3.05, 3.63) is 72.2 Å². The number of rotatable bonds is 5. The van der Waals surface area contributed by atoms with Crippen LogP contribution in [-0.2, 0) is 6.61 Å². The van der Waals surface area contributed by atoms with E-state index in [2.05, 4.69) is 26.2 Å². The zero-order chi connectivity index (χ0) is 18.9. The summed E-state index contributed by atoms with van der Waals surface area (Å²) in [5.41, 5.74) is 3.20. The highest BCUT2D eigenvalue weighted by molar-refractivity contribution is 6.07. The number of benzene rings is 2. The molecule has 3 aromatic heterocycles. The van der Waals surface area contributed by atoms with E-state index >= 15 is 0 Å². The van der Waals surface area contributed by atoms with Crippen LogP contribution in [0.2, 0.25) is 0 Å². The van der Waals surface area contributed by atoms with Crippen LogP contribution in [0.4, 0.5) is 0 Å². The summed E-state index contributed by atoms with van der Waals surface area (Å²) in [4.78, 5) is 18.4. The molecule has 0 aliphatic heterocycles. The van der Waals surface area contributed by atoms with Crippen molar-refractivity contribution in [2.24, 2.45) is 0 Å². The van der Waals surface area contributed by atoms with Gasteiger partial charge < -0.3 is 14.1 Å². The van der Waals surface area contributed by atoms with Gasteiger partial charge in [-0.1, -0.05) is 18.2 Å². The molecular formula is C21H14N4O3. The maximum atomic E-state index is 10.7. The second-order valence-electron chi connectivity index (χ2n) is 6.26. The molecule has 5 aromatic rings. The molecule has 0 amide bonds. The fourth-order valence-corrected chi connectivity index (χ4v) is 3.07. The van der Waals surface area contributed by atoms with E-state index < -0.39 is 0 Å². The van der Waals surface area contributed by atoms with Gasteiger partial charge in [-0.05, 0) is 36.4 Å². The number of hydrogen-bond donors (Lipinski definition) is 1. The number of H-pyrrole nitrogens is 1. The van der Waals surface area contributed by atoms with Crippen LogP contribution < -0.4 is 4.74 Å². The minimum Gasteiger partial charge on any atom is -0.484 e. The number of aromatic amines is 1. The minimum absolute atomic E-state index is 0.128. The van der Waals surface area contributed by atoms with E-state index in [0.29, 0.717) is 28.8 Å². The van der Waals surface area contributed by atoms with E-state index in [1.807, 2.05) is 24.3 Å². The number of aromatic nitrogens is 4. The molecule has 2 aromatic carbocycles. The summed E-state index contributed by atoms with van der Waals surface area (Å²) in [6.07, 6.45) is 2.55. The molecule has 0 aliphatic rings. The van der Waals surface area contributed by atoms with Crippen LogP contribution >= 0.6 is 0 Å². The highest BCUT2D eigenvalue weighted by Crippen LogP contribution is 2.28. The van der Waals surface area contributed by atoms with Crippen molar-refractivity contribution in [2.75, 3.05) is 0 Å². The van der Waals surface area contributed by atoms with Crippen molar-refractivity contribution >= 4 is 28.1 Å². The van der Waals surface area contributed by atoms with Crippen LogP contribution in [0.3, 0.4) is 0 Å². The number of hydrogen-bond acceptors (Lipinski definition) is 6. The molecule has 28 heavy (non-hydrogen) atoms. The predicted octanol–water partition coefficient (Wildman–Crippen LogP) is 4.16. The van der Waals surface area contributed by atoms with Crippen molar-refractivity contribution in [3.63, 3.8) is 0 Å². The fourth-order valence-electron chi connectivity index (χ4n) is 3.07. The molecule has 136 valence electrons. The Morgan fingerprint density at radius 2 is 1.86 bits per heavy atom. The quantitative estimate of drug-likeness (QED) is 0.467. The number of nitrogens with one attached hydrogen (secondary N) is 1. The van der Waals surface area contributed by atoms with Gasteiger partial charge in [-0.25, -0.2) is 4.98 Å². The summed E-state index contributed by atoms with van der Waals surface area (Å²) in [5, 5.41) is 10.3. The predicted molar refractivity (Wildman–Crippen MR) is 103 cm³/mol. The van der Waals surface area contributed by atoms with Gasteiger partial charge in [-0.3, -0.25) is 4.79 Å². The summed E-state index contributed by atoms with van der Waals surface area (Å²) >= 11 is 0. The SMILES string of the molecule is O=Cc1ccc(OCc2nnc(-c3cc4c(cn3)[nH]c3ccccc34)o2)cc1. The lowest BCUT2D eigenvalue weighted by molar-refractivity contribution is 0.112. The number of carbonyl (C=O) groups is 1. The number of para-hydroxylation sites is 1. The molecule has 0 fully saturated rings. The summed E-state index contributed by atoms with van der Waals surface area (Å²) in [7, 11) is 0. The maximum Gasteiger partial charge on any atom is 0.266 e. The molecule has 0 bridgehead atoms. The molecule has 5 rings (SSSR count). The van der Waals surface area contributed by atoms with E-state index in [1.54, 1.807) is 30.5 Å². The lowest BCUT2D eigenvalue weighted by Gasteiger charge is -2.02. The average molecular weight is 370 g/mol. The van der Waals surface area contributed by atoms with Crippen molar-refractivity contribution < 1.29 is 13.9 Å².